The van der Waals surface area contributed by atoms with Gasteiger partial charge < -0.3 is 14.4 Å². The Labute approximate surface area is 129 Å². The van der Waals surface area contributed by atoms with Crippen molar-refractivity contribution >= 4 is 12.1 Å². The molecule has 124 valence electrons. The number of guanidine groups is 1. The second-order valence-electron chi connectivity index (χ2n) is 5.60. The smallest absolute Gasteiger partial charge is 0.416 e. The van der Waals surface area contributed by atoms with Crippen molar-refractivity contribution in [2.45, 2.75) is 32.8 Å². The van der Waals surface area contributed by atoms with Gasteiger partial charge in [-0.1, -0.05) is 6.92 Å². The third-order valence-corrected chi connectivity index (χ3v) is 3.70. The fourth-order valence-corrected chi connectivity index (χ4v) is 2.74. The Bertz CT molecular complexity index is 456. The van der Waals surface area contributed by atoms with E-state index in [0.717, 1.165) is 6.42 Å². The van der Waals surface area contributed by atoms with E-state index < -0.39 is 11.1 Å². The van der Waals surface area contributed by atoms with Crippen LogP contribution < -0.4 is 0 Å². The summed E-state index contributed by atoms with van der Waals surface area (Å²) in [4.78, 5) is 25.7. The molecule has 9 nitrogen and oxygen atoms in total. The number of hydrogen-bond donors (Lipinski definition) is 0. The van der Waals surface area contributed by atoms with Gasteiger partial charge in [0.05, 0.1) is 25.9 Å². The van der Waals surface area contributed by atoms with Crippen molar-refractivity contribution in [3.8, 4) is 0 Å². The Morgan fingerprint density at radius 3 is 2.91 bits per heavy atom. The standard InChI is InChI=1S/C13H22N4O5/c1-3-6-21-13(18)16-5-4-15(12(16)14-17(19)20)8-11-7-10(2)22-9-11/h10-11H,3-9H2,1-2H3. The summed E-state index contributed by atoms with van der Waals surface area (Å²) in [6.07, 6.45) is 1.22. The molecule has 0 radical (unpaired) electrons. The lowest BCUT2D eigenvalue weighted by Gasteiger charge is -2.21. The van der Waals surface area contributed by atoms with Gasteiger partial charge in [-0.15, -0.1) is 0 Å². The molecule has 2 unspecified atom stereocenters. The van der Waals surface area contributed by atoms with Crippen LogP contribution in [-0.4, -0.2) is 65.8 Å². The Hall–Kier alpha value is -1.90. The van der Waals surface area contributed by atoms with Crippen molar-refractivity contribution in [2.75, 3.05) is 32.8 Å². The summed E-state index contributed by atoms with van der Waals surface area (Å²) in [6.45, 7) is 6.26. The SMILES string of the molecule is CCCOC(=O)N1CCN(CC2COC(C)C2)C1=N[N+](=O)[O-]. The number of carbonyl (C=O) groups excluding carboxylic acids is 1. The summed E-state index contributed by atoms with van der Waals surface area (Å²) < 4.78 is 10.6. The minimum atomic E-state index is -0.776. The zero-order valence-electron chi connectivity index (χ0n) is 12.9. The lowest BCUT2D eigenvalue weighted by Crippen LogP contribution is -2.40. The Morgan fingerprint density at radius 1 is 1.55 bits per heavy atom. The number of nitrogens with zero attached hydrogens (tertiary/aromatic N) is 4. The molecule has 2 aliphatic heterocycles. The molecule has 0 N–H and O–H groups in total. The summed E-state index contributed by atoms with van der Waals surface area (Å²) in [5.74, 6) is 0.351. The van der Waals surface area contributed by atoms with Crippen LogP contribution in [0, 0.1) is 16.0 Å². The van der Waals surface area contributed by atoms with E-state index >= 15 is 0 Å². The van der Waals surface area contributed by atoms with Gasteiger partial charge in [-0.25, -0.2) is 19.8 Å². The van der Waals surface area contributed by atoms with Gasteiger partial charge in [-0.3, -0.25) is 0 Å². The van der Waals surface area contributed by atoms with Crippen molar-refractivity contribution in [1.82, 2.24) is 9.80 Å². The van der Waals surface area contributed by atoms with E-state index in [1.165, 1.54) is 4.90 Å². The van der Waals surface area contributed by atoms with Crippen LogP contribution in [-0.2, 0) is 9.47 Å². The molecule has 9 heteroatoms. The van der Waals surface area contributed by atoms with Gasteiger partial charge in [0.2, 0.25) is 0 Å². The van der Waals surface area contributed by atoms with Crippen LogP contribution in [0.1, 0.15) is 26.7 Å². The summed E-state index contributed by atoms with van der Waals surface area (Å²) >= 11 is 0. The zero-order valence-corrected chi connectivity index (χ0v) is 12.9. The highest BCUT2D eigenvalue weighted by atomic mass is 16.7. The zero-order chi connectivity index (χ0) is 16.1. The molecular formula is C13H22N4O5. The summed E-state index contributed by atoms with van der Waals surface area (Å²) in [6, 6.07) is 0. The first kappa shape index (κ1) is 16.5. The number of rotatable bonds is 5. The first-order valence-electron chi connectivity index (χ1n) is 7.55. The minimum absolute atomic E-state index is 0.0608. The van der Waals surface area contributed by atoms with Crippen LogP contribution >= 0.6 is 0 Å². The summed E-state index contributed by atoms with van der Waals surface area (Å²) in [5.41, 5.74) is 0. The number of ether oxygens (including phenoxy) is 2. The molecule has 2 heterocycles. The molecular weight excluding hydrogens is 292 g/mol. The summed E-state index contributed by atoms with van der Waals surface area (Å²) in [5, 5.41) is 13.4. The largest absolute Gasteiger partial charge is 0.449 e. The van der Waals surface area contributed by atoms with Gasteiger partial charge in [0.25, 0.3) is 5.96 Å². The van der Waals surface area contributed by atoms with E-state index in [0.29, 0.717) is 38.6 Å². The molecule has 0 bridgehead atoms. The van der Waals surface area contributed by atoms with E-state index in [9.17, 15) is 14.9 Å². The second kappa shape index (κ2) is 7.39. The van der Waals surface area contributed by atoms with Crippen LogP contribution in [0.15, 0.2) is 5.10 Å². The number of carbonyl (C=O) groups is 1. The molecule has 0 spiro atoms. The topological polar surface area (TPSA) is 97.5 Å². The lowest BCUT2D eigenvalue weighted by atomic mass is 10.1. The number of amides is 1. The average molecular weight is 314 g/mol. The molecule has 22 heavy (non-hydrogen) atoms. The molecule has 0 saturated carbocycles. The molecule has 0 aliphatic carbocycles. The molecule has 2 atom stereocenters. The lowest BCUT2D eigenvalue weighted by molar-refractivity contribution is -0.486. The molecule has 2 saturated heterocycles. The fourth-order valence-electron chi connectivity index (χ4n) is 2.74. The van der Waals surface area contributed by atoms with Gasteiger partial charge in [-0.2, -0.15) is 0 Å². The van der Waals surface area contributed by atoms with E-state index in [-0.39, 0.29) is 18.7 Å². The maximum atomic E-state index is 12.0. The van der Waals surface area contributed by atoms with Crippen molar-refractivity contribution in [3.63, 3.8) is 0 Å². The van der Waals surface area contributed by atoms with Gasteiger partial charge in [0.1, 0.15) is 5.10 Å². The highest BCUT2D eigenvalue weighted by Crippen LogP contribution is 2.22. The van der Waals surface area contributed by atoms with Gasteiger partial charge in [0, 0.05) is 19.0 Å². The minimum Gasteiger partial charge on any atom is -0.449 e. The third-order valence-electron chi connectivity index (χ3n) is 3.70. The van der Waals surface area contributed by atoms with E-state index in [1.54, 1.807) is 4.90 Å². The molecule has 0 aromatic carbocycles. The maximum absolute atomic E-state index is 12.0. The monoisotopic (exact) mass is 314 g/mol. The molecule has 1 amide bonds. The average Bonchev–Trinajstić information content (AvgIpc) is 3.03. The van der Waals surface area contributed by atoms with Crippen LogP contribution in [0.25, 0.3) is 0 Å². The van der Waals surface area contributed by atoms with E-state index in [4.69, 9.17) is 9.47 Å². The maximum Gasteiger partial charge on any atom is 0.416 e. The molecule has 0 aromatic heterocycles. The molecule has 0 aromatic rings. The Morgan fingerprint density at radius 2 is 2.32 bits per heavy atom. The predicted molar refractivity (Wildman–Crippen MR) is 77.9 cm³/mol. The normalized spacial score (nSPS) is 26.7. The Kier molecular flexibility index (Phi) is 5.53. The molecule has 2 aliphatic rings. The number of hydrogen-bond acceptors (Lipinski definition) is 5. The van der Waals surface area contributed by atoms with Gasteiger partial charge in [-0.05, 0) is 19.8 Å². The predicted octanol–water partition coefficient (Wildman–Crippen LogP) is 1.12. The highest BCUT2D eigenvalue weighted by Gasteiger charge is 2.37. The molecule has 2 rings (SSSR count). The first-order valence-corrected chi connectivity index (χ1v) is 7.55. The quantitative estimate of drug-likeness (QED) is 0.557. The van der Waals surface area contributed by atoms with E-state index in [1.807, 2.05) is 13.8 Å². The van der Waals surface area contributed by atoms with Gasteiger partial charge in [0.15, 0.2) is 5.03 Å². The first-order chi connectivity index (χ1) is 10.5. The van der Waals surface area contributed by atoms with E-state index in [2.05, 4.69) is 5.10 Å². The Balaban J connectivity index is 2.04. The number of hydrazone groups is 1. The highest BCUT2D eigenvalue weighted by molar-refractivity contribution is 5.95. The van der Waals surface area contributed by atoms with Crippen LogP contribution in [0.4, 0.5) is 4.79 Å². The summed E-state index contributed by atoms with van der Waals surface area (Å²) in [7, 11) is 0. The van der Waals surface area contributed by atoms with Crippen LogP contribution in [0.2, 0.25) is 0 Å². The van der Waals surface area contributed by atoms with Crippen molar-refractivity contribution in [3.05, 3.63) is 10.1 Å². The fraction of sp³-hybridized carbons (Fsp3) is 0.846. The van der Waals surface area contributed by atoms with Crippen LogP contribution in [0.5, 0.6) is 0 Å². The van der Waals surface area contributed by atoms with Crippen molar-refractivity contribution in [2.24, 2.45) is 11.0 Å². The molecule has 2 fully saturated rings. The van der Waals surface area contributed by atoms with Crippen molar-refractivity contribution < 1.29 is 19.3 Å². The van der Waals surface area contributed by atoms with Crippen LogP contribution in [0.3, 0.4) is 0 Å². The number of nitro groups is 1. The second-order valence-corrected chi connectivity index (χ2v) is 5.60. The van der Waals surface area contributed by atoms with Gasteiger partial charge >= 0.3 is 6.09 Å². The van der Waals surface area contributed by atoms with Crippen molar-refractivity contribution in [1.29, 1.82) is 0 Å². The third kappa shape index (κ3) is 4.06.